The monoisotopic (exact) mass is 428 g/mol. The number of aryl methyl sites for hydroxylation is 1. The Hall–Kier alpha value is -3.67. The fourth-order valence-corrected chi connectivity index (χ4v) is 4.57. The van der Waals surface area contributed by atoms with E-state index in [0.29, 0.717) is 18.7 Å². The smallest absolute Gasteiger partial charge is 0.256 e. The number of hydrogen-bond donors (Lipinski definition) is 0. The third-order valence-corrected chi connectivity index (χ3v) is 6.08. The van der Waals surface area contributed by atoms with Crippen molar-refractivity contribution in [3.05, 3.63) is 84.6 Å². The van der Waals surface area contributed by atoms with Gasteiger partial charge in [0.15, 0.2) is 0 Å². The third-order valence-electron chi connectivity index (χ3n) is 6.08. The number of amides is 1. The van der Waals surface area contributed by atoms with Crippen LogP contribution in [-0.4, -0.2) is 53.2 Å². The van der Waals surface area contributed by atoms with E-state index < -0.39 is 6.67 Å². The molecular formula is C26H25FN4O. The van der Waals surface area contributed by atoms with Gasteiger partial charge in [-0.2, -0.15) is 0 Å². The highest BCUT2D eigenvalue weighted by atomic mass is 19.1. The average Bonchev–Trinajstić information content (AvgIpc) is 3.19. The number of rotatable bonds is 5. The van der Waals surface area contributed by atoms with Crippen LogP contribution in [0.1, 0.15) is 10.4 Å². The third kappa shape index (κ3) is 3.62. The van der Waals surface area contributed by atoms with Crippen LogP contribution in [0.5, 0.6) is 0 Å². The summed E-state index contributed by atoms with van der Waals surface area (Å²) in [6.45, 7) is 2.41. The zero-order valence-electron chi connectivity index (χ0n) is 17.8. The maximum atomic E-state index is 13.9. The molecule has 5 rings (SSSR count). The maximum absolute atomic E-state index is 13.9. The molecule has 0 atom stereocenters. The minimum atomic E-state index is -0.491. The summed E-state index contributed by atoms with van der Waals surface area (Å²) in [4.78, 5) is 22.4. The molecule has 4 aromatic rings. The second-order valence-electron chi connectivity index (χ2n) is 7.91. The minimum Gasteiger partial charge on any atom is -0.353 e. The summed E-state index contributed by atoms with van der Waals surface area (Å²) in [6, 6.07) is 23.5. The van der Waals surface area contributed by atoms with Crippen LogP contribution in [0.4, 0.5) is 10.2 Å². The first kappa shape index (κ1) is 20.2. The molecule has 0 N–H and O–H groups in total. The lowest BCUT2D eigenvalue weighted by Gasteiger charge is -2.35. The van der Waals surface area contributed by atoms with Crippen molar-refractivity contribution in [2.75, 3.05) is 37.8 Å². The minimum absolute atomic E-state index is 0.00154. The number of fused-ring (bicyclic) bond motifs is 1. The number of pyridine rings is 1. The van der Waals surface area contributed by atoms with E-state index in [9.17, 15) is 9.18 Å². The molecule has 1 aliphatic heterocycles. The van der Waals surface area contributed by atoms with Gasteiger partial charge in [0.05, 0.1) is 17.8 Å². The zero-order valence-corrected chi connectivity index (χ0v) is 17.8. The first-order valence-electron chi connectivity index (χ1n) is 11.0. The molecule has 162 valence electrons. The van der Waals surface area contributed by atoms with Crippen molar-refractivity contribution >= 4 is 22.6 Å². The first-order chi connectivity index (χ1) is 15.8. The predicted octanol–water partition coefficient (Wildman–Crippen LogP) is 4.64. The molecule has 0 spiro atoms. The van der Waals surface area contributed by atoms with Crippen molar-refractivity contribution < 1.29 is 9.18 Å². The van der Waals surface area contributed by atoms with E-state index in [1.165, 1.54) is 0 Å². The topological polar surface area (TPSA) is 41.4 Å². The van der Waals surface area contributed by atoms with E-state index in [1.54, 1.807) is 6.20 Å². The molecule has 1 amide bonds. The molecule has 0 unspecified atom stereocenters. The molecular weight excluding hydrogens is 403 g/mol. The number of alkyl halides is 1. The van der Waals surface area contributed by atoms with Gasteiger partial charge in [0.1, 0.15) is 12.5 Å². The molecule has 0 bridgehead atoms. The Balaban J connectivity index is 1.53. The van der Waals surface area contributed by atoms with Crippen molar-refractivity contribution in [2.24, 2.45) is 0 Å². The number of anilines is 1. The first-order valence-corrected chi connectivity index (χ1v) is 11.0. The average molecular weight is 429 g/mol. The van der Waals surface area contributed by atoms with E-state index in [0.717, 1.165) is 41.1 Å². The zero-order chi connectivity index (χ0) is 21.9. The molecule has 0 saturated carbocycles. The van der Waals surface area contributed by atoms with Crippen LogP contribution >= 0.6 is 0 Å². The summed E-state index contributed by atoms with van der Waals surface area (Å²) in [5, 5.41) is 0.872. The SMILES string of the molecule is O=C(c1c(-c2ccccc2)n(CCF)c2ccccc12)N1CCN(c2ccccn2)CC1. The highest BCUT2D eigenvalue weighted by Gasteiger charge is 2.29. The molecule has 0 radical (unpaired) electrons. The molecule has 5 nitrogen and oxygen atoms in total. The predicted molar refractivity (Wildman–Crippen MR) is 126 cm³/mol. The van der Waals surface area contributed by atoms with Crippen molar-refractivity contribution in [3.63, 3.8) is 0 Å². The summed E-state index contributed by atoms with van der Waals surface area (Å²) in [5.41, 5.74) is 3.26. The van der Waals surface area contributed by atoms with Gasteiger partial charge >= 0.3 is 0 Å². The van der Waals surface area contributed by atoms with Gasteiger partial charge in [-0.15, -0.1) is 0 Å². The number of nitrogens with zero attached hydrogens (tertiary/aromatic N) is 4. The summed E-state index contributed by atoms with van der Waals surface area (Å²) in [6.07, 6.45) is 1.79. The van der Waals surface area contributed by atoms with Crippen LogP contribution in [0.3, 0.4) is 0 Å². The van der Waals surface area contributed by atoms with Gasteiger partial charge in [-0.05, 0) is 23.8 Å². The number of hydrogen-bond acceptors (Lipinski definition) is 3. The quantitative estimate of drug-likeness (QED) is 0.465. The Kier molecular flexibility index (Phi) is 5.58. The molecule has 1 fully saturated rings. The van der Waals surface area contributed by atoms with E-state index in [-0.39, 0.29) is 12.5 Å². The van der Waals surface area contributed by atoms with Crippen molar-refractivity contribution in [2.45, 2.75) is 6.54 Å². The van der Waals surface area contributed by atoms with Gasteiger partial charge in [0.25, 0.3) is 5.91 Å². The lowest BCUT2D eigenvalue weighted by Crippen LogP contribution is -2.49. The number of para-hydroxylation sites is 1. The van der Waals surface area contributed by atoms with Gasteiger partial charge in [-0.25, -0.2) is 9.37 Å². The second kappa shape index (κ2) is 8.83. The van der Waals surface area contributed by atoms with Crippen LogP contribution in [0.2, 0.25) is 0 Å². The fourth-order valence-electron chi connectivity index (χ4n) is 4.57. The van der Waals surface area contributed by atoms with Crippen molar-refractivity contribution in [1.82, 2.24) is 14.5 Å². The Morgan fingerprint density at radius 1 is 0.875 bits per heavy atom. The maximum Gasteiger partial charge on any atom is 0.256 e. The number of carbonyl (C=O) groups excluding carboxylic acids is 1. The van der Waals surface area contributed by atoms with Crippen LogP contribution in [0, 0.1) is 0 Å². The Labute approximate surface area is 186 Å². The van der Waals surface area contributed by atoms with E-state index >= 15 is 0 Å². The number of aromatic nitrogens is 2. The summed E-state index contributed by atoms with van der Waals surface area (Å²) < 4.78 is 15.5. The van der Waals surface area contributed by atoms with Gasteiger partial charge < -0.3 is 14.4 Å². The lowest BCUT2D eigenvalue weighted by molar-refractivity contribution is 0.0749. The van der Waals surface area contributed by atoms with Crippen molar-refractivity contribution in [1.29, 1.82) is 0 Å². The van der Waals surface area contributed by atoms with Gasteiger partial charge in [-0.3, -0.25) is 4.79 Å². The van der Waals surface area contributed by atoms with E-state index in [4.69, 9.17) is 0 Å². The number of halogens is 1. The van der Waals surface area contributed by atoms with Crippen LogP contribution in [-0.2, 0) is 6.54 Å². The molecule has 1 aliphatic rings. The number of piperazine rings is 1. The fraction of sp³-hybridized carbons (Fsp3) is 0.231. The van der Waals surface area contributed by atoms with Gasteiger partial charge in [0, 0.05) is 43.3 Å². The molecule has 3 heterocycles. The van der Waals surface area contributed by atoms with Crippen LogP contribution in [0.15, 0.2) is 79.0 Å². The molecule has 6 heteroatoms. The lowest BCUT2D eigenvalue weighted by atomic mass is 10.0. The Bertz CT molecular complexity index is 1210. The second-order valence-corrected chi connectivity index (χ2v) is 7.91. The standard InChI is InChI=1S/C26H25FN4O/c27-13-15-31-22-11-5-4-10-21(22)24(25(31)20-8-2-1-3-9-20)26(32)30-18-16-29(17-19-30)23-12-6-7-14-28-23/h1-12,14H,13,15-19H2. The molecule has 0 aliphatic carbocycles. The van der Waals surface area contributed by atoms with Crippen molar-refractivity contribution in [3.8, 4) is 11.3 Å². The molecule has 2 aromatic carbocycles. The largest absolute Gasteiger partial charge is 0.353 e. The normalized spacial score (nSPS) is 14.2. The van der Waals surface area contributed by atoms with Crippen LogP contribution < -0.4 is 4.90 Å². The Morgan fingerprint density at radius 3 is 2.31 bits per heavy atom. The molecule has 32 heavy (non-hydrogen) atoms. The van der Waals surface area contributed by atoms with Gasteiger partial charge in [-0.1, -0.05) is 54.6 Å². The van der Waals surface area contributed by atoms with Gasteiger partial charge in [0.2, 0.25) is 0 Å². The molecule has 1 saturated heterocycles. The highest BCUT2D eigenvalue weighted by Crippen LogP contribution is 2.35. The van der Waals surface area contributed by atoms with Crippen LogP contribution in [0.25, 0.3) is 22.2 Å². The number of benzene rings is 2. The molecule has 2 aromatic heterocycles. The number of carbonyl (C=O) groups is 1. The summed E-state index contributed by atoms with van der Waals surface area (Å²) in [5.74, 6) is 0.933. The van der Waals surface area contributed by atoms with E-state index in [2.05, 4.69) is 9.88 Å². The summed E-state index contributed by atoms with van der Waals surface area (Å²) >= 11 is 0. The summed E-state index contributed by atoms with van der Waals surface area (Å²) in [7, 11) is 0. The van der Waals surface area contributed by atoms with E-state index in [1.807, 2.05) is 82.3 Å². The Morgan fingerprint density at radius 2 is 1.59 bits per heavy atom. The highest BCUT2D eigenvalue weighted by molar-refractivity contribution is 6.12.